The average Bonchev–Trinajstić information content (AvgIpc) is 2.80. The van der Waals surface area contributed by atoms with Crippen molar-refractivity contribution in [1.82, 2.24) is 4.90 Å². The lowest BCUT2D eigenvalue weighted by molar-refractivity contribution is -0.138. The van der Waals surface area contributed by atoms with E-state index in [0.717, 1.165) is 0 Å². The topological polar surface area (TPSA) is 63.7 Å². The number of nitrogens with zero attached hydrogens (tertiary/aromatic N) is 1. The Kier molecular flexibility index (Phi) is 6.58. The molecule has 1 saturated carbocycles. The number of benzene rings is 2. The van der Waals surface area contributed by atoms with E-state index in [4.69, 9.17) is 16.3 Å². The standard InChI is InChI=1S/C27H26ClNO4/c1-3-7-18-14-20(28)24(23(15-18)33-2)25-21(30)16-27(17-22(25)31)10-12-29(13-11-27)26(32)19-8-5-4-6-9-19/h4-6,8-9,14-15,25H,10-13,16-17H2,1-2H3. The molecule has 1 spiro atoms. The number of rotatable bonds is 3. The Morgan fingerprint density at radius 1 is 1.09 bits per heavy atom. The number of Topliss-reactive ketones (excluding diaryl/α,β-unsaturated/α-hetero) is 2. The van der Waals surface area contributed by atoms with E-state index in [-0.39, 0.29) is 17.5 Å². The molecule has 170 valence electrons. The van der Waals surface area contributed by atoms with Gasteiger partial charge in [-0.3, -0.25) is 14.4 Å². The van der Waals surface area contributed by atoms with Gasteiger partial charge in [0.1, 0.15) is 23.2 Å². The maximum atomic E-state index is 13.3. The first-order valence-electron chi connectivity index (χ1n) is 11.1. The maximum Gasteiger partial charge on any atom is 0.253 e. The second kappa shape index (κ2) is 9.41. The summed E-state index contributed by atoms with van der Waals surface area (Å²) in [4.78, 5) is 41.2. The number of hydrogen-bond acceptors (Lipinski definition) is 4. The molecular formula is C27H26ClNO4. The fourth-order valence-corrected chi connectivity index (χ4v) is 5.39. The number of likely N-dealkylation sites (tertiary alicyclic amines) is 1. The van der Waals surface area contributed by atoms with Crippen LogP contribution in [0.2, 0.25) is 5.02 Å². The average molecular weight is 464 g/mol. The minimum atomic E-state index is -0.925. The Morgan fingerprint density at radius 3 is 2.30 bits per heavy atom. The number of ether oxygens (including phenoxy) is 1. The molecule has 0 radical (unpaired) electrons. The number of amides is 1. The van der Waals surface area contributed by atoms with Crippen LogP contribution < -0.4 is 4.74 Å². The molecule has 0 N–H and O–H groups in total. The third kappa shape index (κ3) is 4.54. The summed E-state index contributed by atoms with van der Waals surface area (Å²) in [5, 5.41) is 0.318. The maximum absolute atomic E-state index is 13.3. The normalized spacial score (nSPS) is 18.1. The van der Waals surface area contributed by atoms with Gasteiger partial charge in [0.25, 0.3) is 5.91 Å². The second-order valence-corrected chi connectivity index (χ2v) is 9.23. The summed E-state index contributed by atoms with van der Waals surface area (Å²) in [5.41, 5.74) is 1.36. The third-order valence-corrected chi connectivity index (χ3v) is 7.06. The fraction of sp³-hybridized carbons (Fsp3) is 0.370. The first-order chi connectivity index (χ1) is 15.9. The monoisotopic (exact) mass is 463 g/mol. The molecule has 1 aliphatic heterocycles. The van der Waals surface area contributed by atoms with Crippen LogP contribution in [0.1, 0.15) is 60.0 Å². The highest BCUT2D eigenvalue weighted by Gasteiger charge is 2.48. The number of methoxy groups -OCH3 is 1. The minimum absolute atomic E-state index is 0.0106. The number of hydrogen-bond donors (Lipinski definition) is 0. The Morgan fingerprint density at radius 2 is 1.73 bits per heavy atom. The van der Waals surface area contributed by atoms with Crippen molar-refractivity contribution in [2.24, 2.45) is 5.41 Å². The molecule has 2 fully saturated rings. The zero-order valence-electron chi connectivity index (χ0n) is 18.8. The predicted octanol–water partition coefficient (Wildman–Crippen LogP) is 4.66. The summed E-state index contributed by atoms with van der Waals surface area (Å²) in [7, 11) is 1.50. The van der Waals surface area contributed by atoms with Crippen molar-refractivity contribution in [1.29, 1.82) is 0 Å². The van der Waals surface area contributed by atoms with E-state index >= 15 is 0 Å². The molecule has 2 aromatic rings. The lowest BCUT2D eigenvalue weighted by Gasteiger charge is -2.44. The molecule has 0 bridgehead atoms. The van der Waals surface area contributed by atoms with Gasteiger partial charge in [-0.25, -0.2) is 0 Å². The van der Waals surface area contributed by atoms with Crippen LogP contribution in [-0.2, 0) is 9.59 Å². The number of ketones is 2. The molecule has 2 aliphatic rings. The molecule has 0 aromatic heterocycles. The molecule has 0 unspecified atom stereocenters. The van der Waals surface area contributed by atoms with Gasteiger partial charge in [0.2, 0.25) is 0 Å². The summed E-state index contributed by atoms with van der Waals surface area (Å²) >= 11 is 6.51. The van der Waals surface area contributed by atoms with Gasteiger partial charge in [0.15, 0.2) is 0 Å². The van der Waals surface area contributed by atoms with Crippen LogP contribution in [0.5, 0.6) is 5.75 Å². The van der Waals surface area contributed by atoms with E-state index in [2.05, 4.69) is 11.8 Å². The molecule has 1 saturated heterocycles. The molecule has 4 rings (SSSR count). The van der Waals surface area contributed by atoms with E-state index in [1.54, 1.807) is 31.2 Å². The number of carbonyl (C=O) groups excluding carboxylic acids is 3. The summed E-state index contributed by atoms with van der Waals surface area (Å²) in [6, 6.07) is 12.6. The number of carbonyl (C=O) groups is 3. The molecule has 1 amide bonds. The molecule has 1 aliphatic carbocycles. The van der Waals surface area contributed by atoms with E-state index in [0.29, 0.717) is 66.2 Å². The van der Waals surface area contributed by atoms with Crippen LogP contribution >= 0.6 is 11.6 Å². The van der Waals surface area contributed by atoms with Crippen LogP contribution in [-0.4, -0.2) is 42.6 Å². The van der Waals surface area contributed by atoms with Gasteiger partial charge >= 0.3 is 0 Å². The van der Waals surface area contributed by atoms with Gasteiger partial charge < -0.3 is 9.64 Å². The Balaban J connectivity index is 1.51. The summed E-state index contributed by atoms with van der Waals surface area (Å²) in [5.74, 6) is 4.95. The highest BCUT2D eigenvalue weighted by atomic mass is 35.5. The quantitative estimate of drug-likeness (QED) is 0.490. The smallest absolute Gasteiger partial charge is 0.253 e. The van der Waals surface area contributed by atoms with Crippen LogP contribution in [0.25, 0.3) is 0 Å². The van der Waals surface area contributed by atoms with Crippen LogP contribution in [0, 0.1) is 17.3 Å². The molecule has 33 heavy (non-hydrogen) atoms. The molecule has 2 aromatic carbocycles. The predicted molar refractivity (Wildman–Crippen MR) is 127 cm³/mol. The van der Waals surface area contributed by atoms with E-state index in [9.17, 15) is 14.4 Å². The fourth-order valence-electron chi connectivity index (χ4n) is 5.07. The first-order valence-corrected chi connectivity index (χ1v) is 11.5. The van der Waals surface area contributed by atoms with Crippen molar-refractivity contribution < 1.29 is 19.1 Å². The van der Waals surface area contributed by atoms with Crippen LogP contribution in [0.3, 0.4) is 0 Å². The Labute approximate surface area is 199 Å². The Bertz CT molecular complexity index is 1130. The highest BCUT2D eigenvalue weighted by Crippen LogP contribution is 2.48. The van der Waals surface area contributed by atoms with Gasteiger partial charge in [-0.15, -0.1) is 5.92 Å². The van der Waals surface area contributed by atoms with Crippen molar-refractivity contribution in [2.75, 3.05) is 20.2 Å². The molecule has 0 atom stereocenters. The molecule has 1 heterocycles. The van der Waals surface area contributed by atoms with Gasteiger partial charge in [-0.2, -0.15) is 0 Å². The summed E-state index contributed by atoms with van der Waals surface area (Å²) in [6.07, 6.45) is 1.86. The van der Waals surface area contributed by atoms with E-state index in [1.807, 2.05) is 23.1 Å². The zero-order chi connectivity index (χ0) is 23.6. The third-order valence-electron chi connectivity index (χ3n) is 6.74. The van der Waals surface area contributed by atoms with Crippen molar-refractivity contribution in [3.05, 3.63) is 64.2 Å². The van der Waals surface area contributed by atoms with Gasteiger partial charge in [0.05, 0.1) is 7.11 Å². The van der Waals surface area contributed by atoms with Crippen molar-refractivity contribution in [3.63, 3.8) is 0 Å². The van der Waals surface area contributed by atoms with E-state index < -0.39 is 11.3 Å². The molecular weight excluding hydrogens is 438 g/mol. The first kappa shape index (κ1) is 23.1. The van der Waals surface area contributed by atoms with E-state index in [1.165, 1.54) is 7.11 Å². The summed E-state index contributed by atoms with van der Waals surface area (Å²) < 4.78 is 5.48. The number of halogens is 1. The lowest BCUT2D eigenvalue weighted by atomic mass is 9.63. The largest absolute Gasteiger partial charge is 0.496 e. The summed E-state index contributed by atoms with van der Waals surface area (Å²) in [6.45, 7) is 2.79. The minimum Gasteiger partial charge on any atom is -0.496 e. The van der Waals surface area contributed by atoms with Crippen molar-refractivity contribution in [2.45, 2.75) is 38.5 Å². The van der Waals surface area contributed by atoms with Gasteiger partial charge in [-0.1, -0.05) is 35.7 Å². The lowest BCUT2D eigenvalue weighted by Crippen LogP contribution is -2.48. The van der Waals surface area contributed by atoms with Gasteiger partial charge in [0, 0.05) is 47.6 Å². The van der Waals surface area contributed by atoms with Crippen LogP contribution in [0.4, 0.5) is 0 Å². The zero-order valence-corrected chi connectivity index (χ0v) is 19.6. The molecule has 6 heteroatoms. The molecule has 5 nitrogen and oxygen atoms in total. The highest BCUT2D eigenvalue weighted by molar-refractivity contribution is 6.32. The SMILES string of the molecule is CC#Cc1cc(Cl)c(C2C(=O)CC3(CCN(C(=O)c4ccccc4)CC3)CC2=O)c(OC)c1. The van der Waals surface area contributed by atoms with Crippen LogP contribution in [0.15, 0.2) is 42.5 Å². The number of piperidine rings is 1. The van der Waals surface area contributed by atoms with Crippen molar-refractivity contribution >= 4 is 29.1 Å². The van der Waals surface area contributed by atoms with Gasteiger partial charge in [-0.05, 0) is 49.4 Å². The second-order valence-electron chi connectivity index (χ2n) is 8.83. The van der Waals surface area contributed by atoms with Crippen molar-refractivity contribution in [3.8, 4) is 17.6 Å². The Hall–Kier alpha value is -3.10.